The minimum atomic E-state index is -0.0648. The molecule has 0 N–H and O–H groups in total. The molecular formula is C19H16N4O2S. The summed E-state index contributed by atoms with van der Waals surface area (Å²) in [5.74, 6) is 0.0162. The zero-order chi connectivity index (χ0) is 18.1. The molecule has 2 aromatic heterocycles. The zero-order valence-electron chi connectivity index (χ0n) is 14.1. The Labute approximate surface area is 153 Å². The van der Waals surface area contributed by atoms with Gasteiger partial charge in [-0.1, -0.05) is 29.5 Å². The first kappa shape index (κ1) is 16.4. The number of ketones is 1. The van der Waals surface area contributed by atoms with Crippen LogP contribution in [-0.4, -0.2) is 22.0 Å². The monoisotopic (exact) mass is 364 g/mol. The second-order valence-electron chi connectivity index (χ2n) is 6.00. The number of thiazole rings is 1. The van der Waals surface area contributed by atoms with Crippen molar-refractivity contribution in [3.63, 3.8) is 0 Å². The van der Waals surface area contributed by atoms with E-state index in [1.54, 1.807) is 30.0 Å². The summed E-state index contributed by atoms with van der Waals surface area (Å²) in [6, 6.07) is 11.1. The van der Waals surface area contributed by atoms with Crippen LogP contribution in [0.25, 0.3) is 6.08 Å². The van der Waals surface area contributed by atoms with Crippen LogP contribution in [0.5, 0.6) is 0 Å². The van der Waals surface area contributed by atoms with Crippen molar-refractivity contribution in [2.45, 2.75) is 13.6 Å². The SMILES string of the molecule is CC(=O)c1cccc(N2CN=c3s/c(=C/c4cccnc4)c(=O)n3C2)c1. The smallest absolute Gasteiger partial charge is 0.271 e. The number of Topliss-reactive ketones (excluding diaryl/α,β-unsaturated/α-hetero) is 1. The summed E-state index contributed by atoms with van der Waals surface area (Å²) in [7, 11) is 0. The number of rotatable bonds is 3. The van der Waals surface area contributed by atoms with Crippen LogP contribution in [-0.2, 0) is 6.67 Å². The molecule has 0 fully saturated rings. The fourth-order valence-electron chi connectivity index (χ4n) is 2.81. The molecule has 0 aliphatic carbocycles. The van der Waals surface area contributed by atoms with Crippen molar-refractivity contribution in [3.8, 4) is 0 Å². The lowest BCUT2D eigenvalue weighted by molar-refractivity contribution is 0.101. The van der Waals surface area contributed by atoms with Gasteiger partial charge in [-0.2, -0.15) is 0 Å². The molecule has 3 heterocycles. The van der Waals surface area contributed by atoms with E-state index in [4.69, 9.17) is 0 Å². The molecule has 1 aliphatic heterocycles. The van der Waals surface area contributed by atoms with E-state index >= 15 is 0 Å². The van der Waals surface area contributed by atoms with Crippen LogP contribution in [0.15, 0.2) is 58.6 Å². The number of benzene rings is 1. The largest absolute Gasteiger partial charge is 0.334 e. The van der Waals surface area contributed by atoms with Crippen LogP contribution in [0, 0.1) is 0 Å². The number of nitrogens with zero attached hydrogens (tertiary/aromatic N) is 4. The van der Waals surface area contributed by atoms with Crippen LogP contribution in [0.1, 0.15) is 22.8 Å². The third-order valence-corrected chi connectivity index (χ3v) is 5.22. The molecule has 4 rings (SSSR count). The van der Waals surface area contributed by atoms with Gasteiger partial charge in [-0.25, -0.2) is 4.99 Å². The van der Waals surface area contributed by atoms with E-state index in [2.05, 4.69) is 9.98 Å². The topological polar surface area (TPSA) is 67.6 Å². The average Bonchev–Trinajstić information content (AvgIpc) is 2.98. The molecule has 0 saturated carbocycles. The number of hydrogen-bond acceptors (Lipinski definition) is 6. The summed E-state index contributed by atoms with van der Waals surface area (Å²) in [5.41, 5.74) is 2.35. The van der Waals surface area contributed by atoms with Gasteiger partial charge in [0.15, 0.2) is 10.6 Å². The fourth-order valence-corrected chi connectivity index (χ4v) is 3.77. The van der Waals surface area contributed by atoms with Gasteiger partial charge in [0.25, 0.3) is 5.56 Å². The molecule has 0 spiro atoms. The third kappa shape index (κ3) is 3.09. The first-order valence-corrected chi connectivity index (χ1v) is 8.95. The van der Waals surface area contributed by atoms with Gasteiger partial charge >= 0.3 is 0 Å². The van der Waals surface area contributed by atoms with Gasteiger partial charge < -0.3 is 4.90 Å². The molecule has 0 amide bonds. The van der Waals surface area contributed by atoms with Crippen molar-refractivity contribution >= 4 is 28.9 Å². The van der Waals surface area contributed by atoms with E-state index in [0.717, 1.165) is 11.3 Å². The van der Waals surface area contributed by atoms with Gasteiger partial charge in [-0.3, -0.25) is 19.1 Å². The molecule has 3 aromatic rings. The molecule has 130 valence electrons. The summed E-state index contributed by atoms with van der Waals surface area (Å²) < 4.78 is 2.30. The lowest BCUT2D eigenvalue weighted by atomic mass is 10.1. The molecule has 1 aliphatic rings. The zero-order valence-corrected chi connectivity index (χ0v) is 14.9. The number of carbonyl (C=O) groups is 1. The van der Waals surface area contributed by atoms with E-state index in [0.29, 0.717) is 28.2 Å². The molecule has 0 radical (unpaired) electrons. The highest BCUT2D eigenvalue weighted by atomic mass is 32.1. The molecule has 6 nitrogen and oxygen atoms in total. The van der Waals surface area contributed by atoms with Gasteiger partial charge in [0, 0.05) is 23.6 Å². The second-order valence-corrected chi connectivity index (χ2v) is 7.01. The van der Waals surface area contributed by atoms with E-state index in [1.165, 1.54) is 11.3 Å². The number of fused-ring (bicyclic) bond motifs is 1. The maximum atomic E-state index is 12.8. The Morgan fingerprint density at radius 1 is 1.27 bits per heavy atom. The molecule has 7 heteroatoms. The summed E-state index contributed by atoms with van der Waals surface area (Å²) in [6.07, 6.45) is 5.26. The summed E-state index contributed by atoms with van der Waals surface area (Å²) in [6.45, 7) is 2.41. The van der Waals surface area contributed by atoms with Crippen molar-refractivity contribution in [3.05, 3.63) is 79.6 Å². The minimum Gasteiger partial charge on any atom is -0.334 e. The predicted molar refractivity (Wildman–Crippen MR) is 101 cm³/mol. The molecule has 26 heavy (non-hydrogen) atoms. The van der Waals surface area contributed by atoms with Crippen molar-refractivity contribution < 1.29 is 4.79 Å². The molecule has 0 unspecified atom stereocenters. The minimum absolute atomic E-state index is 0.0162. The Bertz CT molecular complexity index is 1150. The summed E-state index contributed by atoms with van der Waals surface area (Å²) in [5, 5.41) is 0. The number of aromatic nitrogens is 2. The first-order chi connectivity index (χ1) is 12.6. The van der Waals surface area contributed by atoms with Crippen LogP contribution < -0.4 is 19.8 Å². The van der Waals surface area contributed by atoms with E-state index in [-0.39, 0.29) is 11.3 Å². The number of pyridine rings is 1. The van der Waals surface area contributed by atoms with Gasteiger partial charge in [0.2, 0.25) is 0 Å². The quantitative estimate of drug-likeness (QED) is 0.659. The fraction of sp³-hybridized carbons (Fsp3) is 0.158. The number of hydrogen-bond donors (Lipinski definition) is 0. The highest BCUT2D eigenvalue weighted by Crippen LogP contribution is 2.18. The third-order valence-electron chi connectivity index (χ3n) is 4.18. The second kappa shape index (κ2) is 6.68. The van der Waals surface area contributed by atoms with E-state index < -0.39 is 0 Å². The molecule has 0 bridgehead atoms. The Kier molecular flexibility index (Phi) is 4.22. The van der Waals surface area contributed by atoms with Gasteiger partial charge in [-0.05, 0) is 36.8 Å². The molecular weight excluding hydrogens is 348 g/mol. The Balaban J connectivity index is 1.70. The predicted octanol–water partition coefficient (Wildman–Crippen LogP) is 1.39. The van der Waals surface area contributed by atoms with Crippen molar-refractivity contribution in [1.82, 2.24) is 9.55 Å². The van der Waals surface area contributed by atoms with E-state index in [1.807, 2.05) is 41.3 Å². The van der Waals surface area contributed by atoms with Gasteiger partial charge in [-0.15, -0.1) is 0 Å². The standard InChI is InChI=1S/C19H16N4O2S/c1-13(24)15-5-2-6-16(9-15)22-11-21-19-23(12-22)18(25)17(26-19)8-14-4-3-7-20-10-14/h2-10H,11-12H2,1H3/b17-8+. The normalized spacial score (nSPS) is 14.0. The van der Waals surface area contributed by atoms with Crippen molar-refractivity contribution in [1.29, 1.82) is 0 Å². The summed E-state index contributed by atoms with van der Waals surface area (Å²) >= 11 is 1.38. The van der Waals surface area contributed by atoms with Crippen LogP contribution in [0.2, 0.25) is 0 Å². The van der Waals surface area contributed by atoms with Crippen LogP contribution in [0.3, 0.4) is 0 Å². The first-order valence-electron chi connectivity index (χ1n) is 8.13. The highest BCUT2D eigenvalue weighted by Gasteiger charge is 2.16. The number of anilines is 1. The van der Waals surface area contributed by atoms with Gasteiger partial charge in [0.1, 0.15) is 13.3 Å². The number of carbonyl (C=O) groups excluding carboxylic acids is 1. The average molecular weight is 364 g/mol. The maximum absolute atomic E-state index is 12.8. The lowest BCUT2D eigenvalue weighted by Gasteiger charge is -2.25. The van der Waals surface area contributed by atoms with Crippen LogP contribution >= 0.6 is 11.3 Å². The van der Waals surface area contributed by atoms with Crippen molar-refractivity contribution in [2.24, 2.45) is 4.99 Å². The van der Waals surface area contributed by atoms with Gasteiger partial charge in [0.05, 0.1) is 4.53 Å². The lowest BCUT2D eigenvalue weighted by Crippen LogP contribution is -2.42. The van der Waals surface area contributed by atoms with Crippen LogP contribution in [0.4, 0.5) is 5.69 Å². The van der Waals surface area contributed by atoms with Crippen molar-refractivity contribution in [2.75, 3.05) is 11.6 Å². The maximum Gasteiger partial charge on any atom is 0.271 e. The Morgan fingerprint density at radius 3 is 2.92 bits per heavy atom. The summed E-state index contributed by atoms with van der Waals surface area (Å²) in [4.78, 5) is 35.6. The van der Waals surface area contributed by atoms with E-state index in [9.17, 15) is 9.59 Å². The highest BCUT2D eigenvalue weighted by molar-refractivity contribution is 7.07. The molecule has 1 aromatic carbocycles. The Morgan fingerprint density at radius 2 is 2.15 bits per heavy atom. The Hall–Kier alpha value is -3.06. The molecule has 0 saturated heterocycles. The molecule has 0 atom stereocenters.